The number of carbonyl (C=O) groups excluding carboxylic acids is 2. The summed E-state index contributed by atoms with van der Waals surface area (Å²) in [6.07, 6.45) is 8.80. The maximum absolute atomic E-state index is 12.5. The molecule has 0 heterocycles. The summed E-state index contributed by atoms with van der Waals surface area (Å²) in [5.41, 5.74) is 0. The van der Waals surface area contributed by atoms with Crippen molar-refractivity contribution in [2.75, 3.05) is 0 Å². The van der Waals surface area contributed by atoms with E-state index in [1.807, 2.05) is 0 Å². The molecule has 0 bridgehead atoms. The number of rotatable bonds is 12. The van der Waals surface area contributed by atoms with Crippen molar-refractivity contribution >= 4 is 11.9 Å². The first-order valence-corrected chi connectivity index (χ1v) is 11.7. The lowest BCUT2D eigenvalue weighted by Gasteiger charge is -2.29. The summed E-state index contributed by atoms with van der Waals surface area (Å²) in [6.45, 7) is 12.9. The largest absolute Gasteiger partial charge is 0.462 e. The summed E-state index contributed by atoms with van der Waals surface area (Å²) >= 11 is 0. The molecule has 1 rings (SSSR count). The lowest BCUT2D eigenvalue weighted by atomic mass is 9.82. The molecule has 0 N–H and O–H groups in total. The Balaban J connectivity index is 2.40. The highest BCUT2D eigenvalue weighted by atomic mass is 16.5. The molecule has 0 aromatic rings. The Labute approximate surface area is 173 Å². The van der Waals surface area contributed by atoms with E-state index in [1.54, 1.807) is 0 Å². The zero-order valence-electron chi connectivity index (χ0n) is 19.2. The lowest BCUT2D eigenvalue weighted by Crippen LogP contribution is -2.31. The van der Waals surface area contributed by atoms with Crippen LogP contribution in [0.25, 0.3) is 0 Å². The second-order valence-corrected chi connectivity index (χ2v) is 9.43. The normalized spacial score (nSPS) is 22.1. The van der Waals surface area contributed by atoms with Gasteiger partial charge in [-0.1, -0.05) is 41.5 Å². The van der Waals surface area contributed by atoms with Crippen LogP contribution in [0.2, 0.25) is 0 Å². The smallest absolute Gasteiger partial charge is 0.309 e. The van der Waals surface area contributed by atoms with Gasteiger partial charge in [0.25, 0.3) is 0 Å². The Morgan fingerprint density at radius 2 is 1.00 bits per heavy atom. The van der Waals surface area contributed by atoms with E-state index in [1.165, 1.54) is 0 Å². The molecule has 0 aromatic carbocycles. The number of hydrogen-bond donors (Lipinski definition) is 0. The minimum absolute atomic E-state index is 0.0314. The van der Waals surface area contributed by atoms with Crippen LogP contribution in [0.4, 0.5) is 0 Å². The maximum atomic E-state index is 12.5. The fourth-order valence-electron chi connectivity index (χ4n) is 3.82. The van der Waals surface area contributed by atoms with Crippen LogP contribution in [0.5, 0.6) is 0 Å². The maximum Gasteiger partial charge on any atom is 0.309 e. The highest BCUT2D eigenvalue weighted by Crippen LogP contribution is 2.32. The van der Waals surface area contributed by atoms with Crippen LogP contribution < -0.4 is 0 Å². The lowest BCUT2D eigenvalue weighted by molar-refractivity contribution is -0.161. The fourth-order valence-corrected chi connectivity index (χ4v) is 3.82. The second kappa shape index (κ2) is 13.2. The Hall–Kier alpha value is -1.06. The van der Waals surface area contributed by atoms with Crippen molar-refractivity contribution < 1.29 is 19.1 Å². The SMILES string of the molecule is CCC(CCC(C)C)OC(=O)C1CCC(C(=O)OC(CC)CCC(C)C)CC1. The number of hydrogen-bond acceptors (Lipinski definition) is 4. The van der Waals surface area contributed by atoms with Gasteiger partial charge in [0.1, 0.15) is 12.2 Å². The Morgan fingerprint density at radius 3 is 1.25 bits per heavy atom. The second-order valence-electron chi connectivity index (χ2n) is 9.43. The summed E-state index contributed by atoms with van der Waals surface area (Å²) in [6, 6.07) is 0. The third-order valence-electron chi connectivity index (χ3n) is 6.00. The molecule has 2 unspecified atom stereocenters. The monoisotopic (exact) mass is 396 g/mol. The molecular weight excluding hydrogens is 352 g/mol. The average molecular weight is 397 g/mol. The highest BCUT2D eigenvalue weighted by molar-refractivity contribution is 5.75. The van der Waals surface area contributed by atoms with E-state index in [0.29, 0.717) is 11.8 Å². The van der Waals surface area contributed by atoms with Crippen LogP contribution in [0.15, 0.2) is 0 Å². The van der Waals surface area contributed by atoms with Crippen LogP contribution >= 0.6 is 0 Å². The van der Waals surface area contributed by atoms with Crippen LogP contribution in [-0.2, 0) is 19.1 Å². The van der Waals surface area contributed by atoms with Gasteiger partial charge in [-0.25, -0.2) is 0 Å². The Kier molecular flexibility index (Phi) is 11.8. The zero-order chi connectivity index (χ0) is 21.1. The highest BCUT2D eigenvalue weighted by Gasteiger charge is 2.33. The molecule has 4 heteroatoms. The van der Waals surface area contributed by atoms with Gasteiger partial charge in [-0.3, -0.25) is 9.59 Å². The van der Waals surface area contributed by atoms with E-state index in [0.717, 1.165) is 64.2 Å². The summed E-state index contributed by atoms with van der Waals surface area (Å²) < 4.78 is 11.5. The summed E-state index contributed by atoms with van der Waals surface area (Å²) in [5.74, 6) is 1.01. The molecule has 164 valence electrons. The van der Waals surface area contributed by atoms with Crippen LogP contribution in [0.3, 0.4) is 0 Å². The van der Waals surface area contributed by atoms with E-state index in [4.69, 9.17) is 9.47 Å². The van der Waals surface area contributed by atoms with E-state index in [-0.39, 0.29) is 36.0 Å². The van der Waals surface area contributed by atoms with Crippen LogP contribution in [0.1, 0.15) is 106 Å². The molecule has 0 aromatic heterocycles. The standard InChI is InChI=1S/C24H44O4/c1-7-21(15-9-17(3)4)27-23(25)19-11-13-20(14-12-19)24(26)28-22(8-2)16-10-18(5)6/h17-22H,7-16H2,1-6H3. The van der Waals surface area contributed by atoms with Crippen molar-refractivity contribution in [3.05, 3.63) is 0 Å². The molecule has 1 aliphatic rings. The van der Waals surface area contributed by atoms with E-state index in [2.05, 4.69) is 41.5 Å². The first-order chi connectivity index (χ1) is 13.3. The van der Waals surface area contributed by atoms with Gasteiger partial charge in [-0.15, -0.1) is 0 Å². The van der Waals surface area contributed by atoms with Gasteiger partial charge < -0.3 is 9.47 Å². The van der Waals surface area contributed by atoms with Crippen molar-refractivity contribution in [1.82, 2.24) is 0 Å². The quantitative estimate of drug-likeness (QED) is 0.363. The van der Waals surface area contributed by atoms with Gasteiger partial charge in [0.15, 0.2) is 0 Å². The topological polar surface area (TPSA) is 52.6 Å². The predicted molar refractivity (Wildman–Crippen MR) is 114 cm³/mol. The van der Waals surface area contributed by atoms with E-state index >= 15 is 0 Å². The summed E-state index contributed by atoms with van der Waals surface area (Å²) in [4.78, 5) is 25.0. The van der Waals surface area contributed by atoms with Gasteiger partial charge in [0.2, 0.25) is 0 Å². The van der Waals surface area contributed by atoms with Crippen molar-refractivity contribution in [2.24, 2.45) is 23.7 Å². The fraction of sp³-hybridized carbons (Fsp3) is 0.917. The van der Waals surface area contributed by atoms with Gasteiger partial charge in [0, 0.05) is 0 Å². The zero-order valence-corrected chi connectivity index (χ0v) is 19.2. The van der Waals surface area contributed by atoms with Crippen molar-refractivity contribution in [1.29, 1.82) is 0 Å². The van der Waals surface area contributed by atoms with Gasteiger partial charge in [-0.2, -0.15) is 0 Å². The summed E-state index contributed by atoms with van der Waals surface area (Å²) in [7, 11) is 0. The average Bonchev–Trinajstić information content (AvgIpc) is 2.67. The first kappa shape index (κ1) is 25.0. The van der Waals surface area contributed by atoms with Gasteiger partial charge >= 0.3 is 11.9 Å². The summed E-state index contributed by atoms with van der Waals surface area (Å²) in [5, 5.41) is 0. The number of esters is 2. The molecule has 1 aliphatic carbocycles. The van der Waals surface area contributed by atoms with Crippen molar-refractivity contribution in [3.63, 3.8) is 0 Å². The van der Waals surface area contributed by atoms with Crippen LogP contribution in [0, 0.1) is 23.7 Å². The van der Waals surface area contributed by atoms with E-state index in [9.17, 15) is 9.59 Å². The molecule has 0 radical (unpaired) electrons. The third-order valence-corrected chi connectivity index (χ3v) is 6.00. The molecule has 1 fully saturated rings. The molecule has 0 spiro atoms. The number of carbonyl (C=O) groups is 2. The van der Waals surface area contributed by atoms with Gasteiger partial charge in [0.05, 0.1) is 11.8 Å². The van der Waals surface area contributed by atoms with Crippen molar-refractivity contribution in [2.45, 2.75) is 118 Å². The minimum Gasteiger partial charge on any atom is -0.462 e. The predicted octanol–water partition coefficient (Wildman–Crippen LogP) is 6.31. The Bertz CT molecular complexity index is 408. The molecule has 0 aliphatic heterocycles. The van der Waals surface area contributed by atoms with Crippen LogP contribution in [-0.4, -0.2) is 24.1 Å². The molecule has 0 saturated heterocycles. The van der Waals surface area contributed by atoms with E-state index < -0.39 is 0 Å². The molecular formula is C24H44O4. The molecule has 2 atom stereocenters. The molecule has 28 heavy (non-hydrogen) atoms. The molecule has 1 saturated carbocycles. The minimum atomic E-state index is -0.0641. The van der Waals surface area contributed by atoms with Gasteiger partial charge in [-0.05, 0) is 76.0 Å². The molecule has 4 nitrogen and oxygen atoms in total. The molecule has 0 amide bonds. The van der Waals surface area contributed by atoms with Crippen molar-refractivity contribution in [3.8, 4) is 0 Å². The first-order valence-electron chi connectivity index (χ1n) is 11.7. The number of ether oxygens (including phenoxy) is 2. The third kappa shape index (κ3) is 9.43. The Morgan fingerprint density at radius 1 is 0.679 bits per heavy atom.